The first-order valence-corrected chi connectivity index (χ1v) is 8.10. The molecule has 4 fully saturated rings. The van der Waals surface area contributed by atoms with Crippen molar-refractivity contribution < 1.29 is 4.79 Å². The Bertz CT molecular complexity index is 354. The van der Waals surface area contributed by atoms with Gasteiger partial charge in [0.25, 0.3) is 0 Å². The maximum atomic E-state index is 12.4. The SMILES string of the molecule is NC(=S)CCCNC(=O)C1C2CC3CC(C2)CC1C3. The molecule has 4 heteroatoms. The van der Waals surface area contributed by atoms with Gasteiger partial charge in [0, 0.05) is 12.5 Å². The van der Waals surface area contributed by atoms with E-state index < -0.39 is 0 Å². The predicted molar refractivity (Wildman–Crippen MR) is 79.6 cm³/mol. The molecule has 3 nitrogen and oxygen atoms in total. The highest BCUT2D eigenvalue weighted by atomic mass is 32.1. The van der Waals surface area contributed by atoms with E-state index in [4.69, 9.17) is 18.0 Å². The summed E-state index contributed by atoms with van der Waals surface area (Å²) in [7, 11) is 0. The molecular weight excluding hydrogens is 256 g/mol. The maximum Gasteiger partial charge on any atom is 0.223 e. The van der Waals surface area contributed by atoms with E-state index in [1.54, 1.807) is 0 Å². The zero-order valence-corrected chi connectivity index (χ0v) is 12.3. The lowest BCUT2D eigenvalue weighted by atomic mass is 9.51. The second kappa shape index (κ2) is 5.39. The highest BCUT2D eigenvalue weighted by Crippen LogP contribution is 2.56. The van der Waals surface area contributed by atoms with Crippen LogP contribution >= 0.6 is 12.2 Å². The summed E-state index contributed by atoms with van der Waals surface area (Å²) < 4.78 is 0. The van der Waals surface area contributed by atoms with Gasteiger partial charge in [-0.1, -0.05) is 12.2 Å². The zero-order chi connectivity index (χ0) is 13.4. The first kappa shape index (κ1) is 13.3. The quantitative estimate of drug-likeness (QED) is 0.600. The molecule has 106 valence electrons. The Morgan fingerprint density at radius 2 is 1.68 bits per heavy atom. The number of hydrogen-bond donors (Lipinski definition) is 2. The largest absolute Gasteiger partial charge is 0.393 e. The highest BCUT2D eigenvalue weighted by Gasteiger charge is 2.50. The van der Waals surface area contributed by atoms with Gasteiger partial charge < -0.3 is 11.1 Å². The van der Waals surface area contributed by atoms with Crippen molar-refractivity contribution in [1.29, 1.82) is 0 Å². The molecule has 4 rings (SSSR count). The van der Waals surface area contributed by atoms with Gasteiger partial charge in [-0.15, -0.1) is 0 Å². The van der Waals surface area contributed by atoms with Crippen LogP contribution in [0.15, 0.2) is 0 Å². The van der Waals surface area contributed by atoms with Gasteiger partial charge >= 0.3 is 0 Å². The Morgan fingerprint density at radius 1 is 1.11 bits per heavy atom. The van der Waals surface area contributed by atoms with Crippen molar-refractivity contribution in [3.63, 3.8) is 0 Å². The third kappa shape index (κ3) is 2.78. The Hall–Kier alpha value is -0.640. The molecule has 0 radical (unpaired) electrons. The van der Waals surface area contributed by atoms with Crippen LogP contribution in [0.2, 0.25) is 0 Å². The van der Waals surface area contributed by atoms with Crippen molar-refractivity contribution in [2.24, 2.45) is 35.3 Å². The standard InChI is InChI=1S/C15H24N2OS/c16-13(19)2-1-3-17-15(18)14-11-5-9-4-10(7-11)8-12(14)6-9/h9-12,14H,1-8H2,(H2,16,19)(H,17,18). The molecule has 0 aromatic heterocycles. The number of nitrogens with one attached hydrogen (secondary N) is 1. The third-order valence-corrected chi connectivity index (χ3v) is 5.63. The summed E-state index contributed by atoms with van der Waals surface area (Å²) in [6, 6.07) is 0. The van der Waals surface area contributed by atoms with Crippen LogP contribution < -0.4 is 11.1 Å². The van der Waals surface area contributed by atoms with Crippen LogP contribution in [0.25, 0.3) is 0 Å². The fraction of sp³-hybridized carbons (Fsp3) is 0.867. The molecule has 4 aliphatic carbocycles. The Labute approximate surface area is 120 Å². The van der Waals surface area contributed by atoms with E-state index in [9.17, 15) is 4.79 Å². The van der Waals surface area contributed by atoms with Crippen LogP contribution in [0, 0.1) is 29.6 Å². The van der Waals surface area contributed by atoms with E-state index in [0.717, 1.165) is 31.2 Å². The average molecular weight is 280 g/mol. The monoisotopic (exact) mass is 280 g/mol. The molecule has 0 atom stereocenters. The van der Waals surface area contributed by atoms with E-state index in [2.05, 4.69) is 5.32 Å². The van der Waals surface area contributed by atoms with Crippen LogP contribution in [0.4, 0.5) is 0 Å². The average Bonchev–Trinajstić information content (AvgIpc) is 2.33. The zero-order valence-electron chi connectivity index (χ0n) is 11.4. The Morgan fingerprint density at radius 3 is 2.21 bits per heavy atom. The summed E-state index contributed by atoms with van der Waals surface area (Å²) in [5, 5.41) is 3.11. The molecule has 4 bridgehead atoms. The number of rotatable bonds is 5. The van der Waals surface area contributed by atoms with Crippen molar-refractivity contribution in [3.05, 3.63) is 0 Å². The first-order chi connectivity index (χ1) is 9.13. The summed E-state index contributed by atoms with van der Waals surface area (Å²) in [5.74, 6) is 3.82. The minimum atomic E-state index is 0.303. The summed E-state index contributed by atoms with van der Waals surface area (Å²) >= 11 is 4.85. The normalized spacial score (nSPS) is 39.3. The Balaban J connectivity index is 1.51. The van der Waals surface area contributed by atoms with Gasteiger partial charge in [0.05, 0.1) is 4.99 Å². The predicted octanol–water partition coefficient (Wildman–Crippen LogP) is 2.24. The third-order valence-electron chi connectivity index (χ3n) is 5.43. The van der Waals surface area contributed by atoms with Gasteiger partial charge in [0.2, 0.25) is 5.91 Å². The molecule has 0 unspecified atom stereocenters. The first-order valence-electron chi connectivity index (χ1n) is 7.69. The molecule has 0 heterocycles. The maximum absolute atomic E-state index is 12.4. The number of amides is 1. The number of carbonyl (C=O) groups is 1. The summed E-state index contributed by atoms with van der Waals surface area (Å²) in [4.78, 5) is 12.9. The minimum Gasteiger partial charge on any atom is -0.393 e. The van der Waals surface area contributed by atoms with E-state index in [0.29, 0.717) is 28.6 Å². The van der Waals surface area contributed by atoms with Crippen LogP contribution in [-0.4, -0.2) is 17.4 Å². The Kier molecular flexibility index (Phi) is 3.79. The van der Waals surface area contributed by atoms with Gasteiger partial charge in [0.1, 0.15) is 0 Å². The molecule has 19 heavy (non-hydrogen) atoms. The summed E-state index contributed by atoms with van der Waals surface area (Å²) in [5.41, 5.74) is 5.47. The number of hydrogen-bond acceptors (Lipinski definition) is 2. The number of carbonyl (C=O) groups excluding carboxylic acids is 1. The second-order valence-corrected chi connectivity index (χ2v) is 7.34. The molecule has 4 saturated carbocycles. The van der Waals surface area contributed by atoms with Crippen molar-refractivity contribution in [3.8, 4) is 0 Å². The van der Waals surface area contributed by atoms with Crippen molar-refractivity contribution in [1.82, 2.24) is 5.32 Å². The fourth-order valence-electron chi connectivity index (χ4n) is 4.95. The number of thiocarbonyl (C=S) groups is 1. The van der Waals surface area contributed by atoms with Crippen LogP contribution in [-0.2, 0) is 4.79 Å². The van der Waals surface area contributed by atoms with E-state index >= 15 is 0 Å². The summed E-state index contributed by atoms with van der Waals surface area (Å²) in [6.07, 6.45) is 8.26. The topological polar surface area (TPSA) is 55.1 Å². The molecular formula is C15H24N2OS. The van der Waals surface area contributed by atoms with Crippen LogP contribution in [0.3, 0.4) is 0 Å². The molecule has 0 aliphatic heterocycles. The number of nitrogens with two attached hydrogens (primary N) is 1. The lowest BCUT2D eigenvalue weighted by molar-refractivity contribution is -0.138. The molecule has 0 aromatic carbocycles. The molecule has 0 aromatic rings. The van der Waals surface area contributed by atoms with Gasteiger partial charge in [-0.05, 0) is 68.6 Å². The van der Waals surface area contributed by atoms with Crippen LogP contribution in [0.1, 0.15) is 44.9 Å². The van der Waals surface area contributed by atoms with E-state index in [-0.39, 0.29) is 0 Å². The lowest BCUT2D eigenvalue weighted by Gasteiger charge is -2.53. The van der Waals surface area contributed by atoms with E-state index in [1.165, 1.54) is 32.1 Å². The molecule has 4 aliphatic rings. The lowest BCUT2D eigenvalue weighted by Crippen LogP contribution is -2.51. The smallest absolute Gasteiger partial charge is 0.223 e. The van der Waals surface area contributed by atoms with Crippen molar-refractivity contribution >= 4 is 23.1 Å². The van der Waals surface area contributed by atoms with Crippen molar-refractivity contribution in [2.45, 2.75) is 44.9 Å². The van der Waals surface area contributed by atoms with Gasteiger partial charge in [-0.25, -0.2) is 0 Å². The van der Waals surface area contributed by atoms with E-state index in [1.807, 2.05) is 0 Å². The minimum absolute atomic E-state index is 0.303. The fourth-order valence-corrected chi connectivity index (χ4v) is 5.09. The van der Waals surface area contributed by atoms with Crippen molar-refractivity contribution in [2.75, 3.05) is 6.54 Å². The van der Waals surface area contributed by atoms with Crippen LogP contribution in [0.5, 0.6) is 0 Å². The van der Waals surface area contributed by atoms with Gasteiger partial charge in [-0.2, -0.15) is 0 Å². The molecule has 1 amide bonds. The van der Waals surface area contributed by atoms with Gasteiger partial charge in [0.15, 0.2) is 0 Å². The highest BCUT2D eigenvalue weighted by molar-refractivity contribution is 7.80. The second-order valence-electron chi connectivity index (χ2n) is 6.82. The molecule has 0 saturated heterocycles. The molecule has 0 spiro atoms. The summed E-state index contributed by atoms with van der Waals surface area (Å²) in [6.45, 7) is 0.721. The van der Waals surface area contributed by atoms with Gasteiger partial charge in [-0.3, -0.25) is 4.79 Å². The molecule has 3 N–H and O–H groups in total.